The van der Waals surface area contributed by atoms with Crippen LogP contribution in [0.5, 0.6) is 0 Å². The minimum Gasteiger partial charge on any atom is -0.500 e. The van der Waals surface area contributed by atoms with Crippen LogP contribution in [-0.2, 0) is 14.3 Å². The van der Waals surface area contributed by atoms with Crippen molar-refractivity contribution in [2.45, 2.75) is 65.7 Å². The maximum absolute atomic E-state index is 13.1. The molecule has 4 heteroatoms. The van der Waals surface area contributed by atoms with Gasteiger partial charge in [-0.05, 0) is 61.7 Å². The van der Waals surface area contributed by atoms with Gasteiger partial charge in [-0.2, -0.15) is 0 Å². The van der Waals surface area contributed by atoms with Crippen LogP contribution in [0.3, 0.4) is 0 Å². The predicted molar refractivity (Wildman–Crippen MR) is 105 cm³/mol. The van der Waals surface area contributed by atoms with E-state index in [1.807, 2.05) is 0 Å². The molecule has 1 aliphatic heterocycles. The van der Waals surface area contributed by atoms with Crippen LogP contribution in [0.15, 0.2) is 23.5 Å². The zero-order valence-electron chi connectivity index (χ0n) is 17.3. The SMILES string of the molecule is C=C(CN1C(=O)C2CC3CCC4=C(CCCC4(C)C)C3(C)CC2C1=O)OC. The van der Waals surface area contributed by atoms with Gasteiger partial charge in [0.25, 0.3) is 0 Å². The average Bonchev–Trinajstić information content (AvgIpc) is 2.83. The molecule has 4 nitrogen and oxygen atoms in total. The normalized spacial score (nSPS) is 37.6. The van der Waals surface area contributed by atoms with Crippen LogP contribution in [0.1, 0.15) is 65.7 Å². The molecule has 0 aromatic carbocycles. The molecule has 3 aliphatic carbocycles. The summed E-state index contributed by atoms with van der Waals surface area (Å²) in [5.41, 5.74) is 3.66. The molecule has 0 aromatic rings. The maximum Gasteiger partial charge on any atom is 0.233 e. The summed E-state index contributed by atoms with van der Waals surface area (Å²) < 4.78 is 5.12. The third kappa shape index (κ3) is 2.70. The van der Waals surface area contributed by atoms with E-state index in [-0.39, 0.29) is 41.0 Å². The lowest BCUT2D eigenvalue weighted by Gasteiger charge is -2.54. The molecular weight excluding hydrogens is 338 g/mol. The lowest BCUT2D eigenvalue weighted by atomic mass is 9.50. The Bertz CT molecular complexity index is 734. The summed E-state index contributed by atoms with van der Waals surface area (Å²) >= 11 is 0. The van der Waals surface area contributed by atoms with Gasteiger partial charge in [-0.25, -0.2) is 0 Å². The van der Waals surface area contributed by atoms with E-state index in [9.17, 15) is 9.59 Å². The van der Waals surface area contributed by atoms with Crippen LogP contribution in [0.25, 0.3) is 0 Å². The van der Waals surface area contributed by atoms with Crippen molar-refractivity contribution in [1.82, 2.24) is 4.90 Å². The number of allylic oxidation sites excluding steroid dienone is 2. The van der Waals surface area contributed by atoms with Gasteiger partial charge in [0, 0.05) is 0 Å². The molecule has 0 bridgehead atoms. The Labute approximate surface area is 163 Å². The van der Waals surface area contributed by atoms with Crippen LogP contribution in [-0.4, -0.2) is 30.4 Å². The molecule has 4 aliphatic rings. The summed E-state index contributed by atoms with van der Waals surface area (Å²) in [6.45, 7) is 11.2. The largest absolute Gasteiger partial charge is 0.500 e. The molecule has 1 saturated heterocycles. The van der Waals surface area contributed by atoms with E-state index < -0.39 is 0 Å². The summed E-state index contributed by atoms with van der Waals surface area (Å²) in [5.74, 6) is 0.672. The van der Waals surface area contributed by atoms with Gasteiger partial charge < -0.3 is 4.74 Å². The number of fused-ring (bicyclic) bond motifs is 3. The van der Waals surface area contributed by atoms with Gasteiger partial charge in [0.1, 0.15) is 5.76 Å². The van der Waals surface area contributed by atoms with Gasteiger partial charge in [0.05, 0.1) is 25.5 Å². The van der Waals surface area contributed by atoms with Crippen LogP contribution >= 0.6 is 0 Å². The fourth-order valence-corrected chi connectivity index (χ4v) is 6.60. The molecule has 1 saturated carbocycles. The van der Waals surface area contributed by atoms with Gasteiger partial charge in [0.15, 0.2) is 0 Å². The summed E-state index contributed by atoms with van der Waals surface area (Å²) in [7, 11) is 1.54. The molecule has 0 aromatic heterocycles. The number of methoxy groups -OCH3 is 1. The highest BCUT2D eigenvalue weighted by Gasteiger charge is 2.58. The molecule has 4 atom stereocenters. The number of rotatable bonds is 3. The molecule has 2 fully saturated rings. The summed E-state index contributed by atoms with van der Waals surface area (Å²) in [5, 5.41) is 0. The van der Waals surface area contributed by atoms with E-state index in [1.165, 1.54) is 37.7 Å². The quantitative estimate of drug-likeness (QED) is 0.418. The Morgan fingerprint density at radius 3 is 2.56 bits per heavy atom. The molecule has 4 rings (SSSR count). The van der Waals surface area contributed by atoms with Crippen LogP contribution in [0.2, 0.25) is 0 Å². The Hall–Kier alpha value is -1.58. The Kier molecular flexibility index (Phi) is 4.32. The van der Waals surface area contributed by atoms with Crippen molar-refractivity contribution in [2.24, 2.45) is 28.6 Å². The maximum atomic E-state index is 13.1. The summed E-state index contributed by atoms with van der Waals surface area (Å²) in [4.78, 5) is 27.5. The smallest absolute Gasteiger partial charge is 0.233 e. The number of amides is 2. The topological polar surface area (TPSA) is 46.6 Å². The minimum absolute atomic E-state index is 0.00556. The summed E-state index contributed by atoms with van der Waals surface area (Å²) in [6.07, 6.45) is 7.71. The number of carbonyl (C=O) groups excluding carboxylic acids is 2. The van der Waals surface area contributed by atoms with Gasteiger partial charge in [-0.1, -0.05) is 38.5 Å². The molecular formula is C23H33NO3. The van der Waals surface area contributed by atoms with E-state index in [4.69, 9.17) is 4.74 Å². The first-order chi connectivity index (χ1) is 12.7. The van der Waals surface area contributed by atoms with Gasteiger partial charge in [-0.3, -0.25) is 14.5 Å². The van der Waals surface area contributed by atoms with E-state index in [2.05, 4.69) is 27.4 Å². The first-order valence-electron chi connectivity index (χ1n) is 10.5. The summed E-state index contributed by atoms with van der Waals surface area (Å²) in [6, 6.07) is 0. The van der Waals surface area contributed by atoms with E-state index in [0.717, 1.165) is 19.3 Å². The number of imide groups is 1. The highest BCUT2D eigenvalue weighted by molar-refractivity contribution is 6.05. The molecule has 27 heavy (non-hydrogen) atoms. The molecule has 2 amide bonds. The van der Waals surface area contributed by atoms with Crippen molar-refractivity contribution < 1.29 is 14.3 Å². The number of carbonyl (C=O) groups is 2. The zero-order valence-corrected chi connectivity index (χ0v) is 17.3. The standard InChI is InChI=1S/C23H33NO3/c1-14(27-5)13-24-20(25)16-11-15-8-9-18-19(7-6-10-22(18,2)3)23(15,4)12-17(16)21(24)26/h15-17H,1,6-13H2,2-5H3. The van der Waals surface area contributed by atoms with Crippen molar-refractivity contribution in [3.05, 3.63) is 23.5 Å². The molecule has 0 radical (unpaired) electrons. The van der Waals surface area contributed by atoms with Crippen LogP contribution in [0.4, 0.5) is 0 Å². The van der Waals surface area contributed by atoms with Crippen LogP contribution in [0, 0.1) is 28.6 Å². The Morgan fingerprint density at radius 1 is 1.15 bits per heavy atom. The highest BCUT2D eigenvalue weighted by Crippen LogP contribution is 2.62. The third-order valence-corrected chi connectivity index (χ3v) is 8.20. The number of ether oxygens (including phenoxy) is 1. The van der Waals surface area contributed by atoms with Crippen LogP contribution < -0.4 is 0 Å². The monoisotopic (exact) mass is 371 g/mol. The minimum atomic E-state index is -0.166. The molecule has 1 heterocycles. The average molecular weight is 372 g/mol. The molecule has 4 unspecified atom stereocenters. The number of hydrogen-bond donors (Lipinski definition) is 0. The highest BCUT2D eigenvalue weighted by atomic mass is 16.5. The number of hydrogen-bond acceptors (Lipinski definition) is 3. The van der Waals surface area contributed by atoms with Crippen molar-refractivity contribution in [3.63, 3.8) is 0 Å². The van der Waals surface area contributed by atoms with Crippen molar-refractivity contribution in [3.8, 4) is 0 Å². The number of likely N-dealkylation sites (tertiary alicyclic amines) is 1. The Balaban J connectivity index is 1.66. The molecule has 0 spiro atoms. The second-order valence-electron chi connectivity index (χ2n) is 10.0. The lowest BCUT2D eigenvalue weighted by molar-refractivity contribution is -0.139. The fourth-order valence-electron chi connectivity index (χ4n) is 6.60. The van der Waals surface area contributed by atoms with E-state index >= 15 is 0 Å². The van der Waals surface area contributed by atoms with Crippen molar-refractivity contribution in [2.75, 3.05) is 13.7 Å². The van der Waals surface area contributed by atoms with Crippen molar-refractivity contribution in [1.29, 1.82) is 0 Å². The third-order valence-electron chi connectivity index (χ3n) is 8.20. The first-order valence-corrected chi connectivity index (χ1v) is 10.5. The van der Waals surface area contributed by atoms with Gasteiger partial charge in [0.2, 0.25) is 11.8 Å². The number of nitrogens with zero attached hydrogens (tertiary/aromatic N) is 1. The van der Waals surface area contributed by atoms with Crippen molar-refractivity contribution >= 4 is 11.8 Å². The van der Waals surface area contributed by atoms with E-state index in [0.29, 0.717) is 11.7 Å². The molecule has 148 valence electrons. The second-order valence-corrected chi connectivity index (χ2v) is 10.0. The van der Waals surface area contributed by atoms with E-state index in [1.54, 1.807) is 11.1 Å². The second kappa shape index (κ2) is 6.22. The lowest BCUT2D eigenvalue weighted by Crippen LogP contribution is -2.46. The molecule has 0 N–H and O–H groups in total. The van der Waals surface area contributed by atoms with Gasteiger partial charge in [-0.15, -0.1) is 0 Å². The zero-order chi connectivity index (χ0) is 19.6. The fraction of sp³-hybridized carbons (Fsp3) is 0.739. The predicted octanol–water partition coefficient (Wildman–Crippen LogP) is 4.46. The first kappa shape index (κ1) is 18.8. The van der Waals surface area contributed by atoms with Gasteiger partial charge >= 0.3 is 0 Å². The Morgan fingerprint density at radius 2 is 1.85 bits per heavy atom.